The van der Waals surface area contributed by atoms with Gasteiger partial charge in [0.1, 0.15) is 11.6 Å². The van der Waals surface area contributed by atoms with E-state index in [1.54, 1.807) is 18.2 Å². The van der Waals surface area contributed by atoms with Gasteiger partial charge in [-0.3, -0.25) is 4.79 Å². The van der Waals surface area contributed by atoms with Gasteiger partial charge in [0.15, 0.2) is 12.3 Å². The Morgan fingerprint density at radius 3 is 2.92 bits per heavy atom. The van der Waals surface area contributed by atoms with Crippen molar-refractivity contribution in [2.75, 3.05) is 6.61 Å². The van der Waals surface area contributed by atoms with Crippen molar-refractivity contribution in [2.45, 2.75) is 0 Å². The molecule has 0 saturated carbocycles. The number of amides is 1. The first kappa shape index (κ1) is 16.1. The number of halogens is 2. The van der Waals surface area contributed by atoms with Gasteiger partial charge in [-0.15, -0.1) is 10.2 Å². The molecule has 3 aromatic rings. The molecule has 1 aromatic heterocycles. The Hall–Kier alpha value is -2.74. The number of ether oxygens (including phenoxy) is 1. The van der Waals surface area contributed by atoms with E-state index >= 15 is 0 Å². The molecule has 0 aliphatic rings. The van der Waals surface area contributed by atoms with Crippen molar-refractivity contribution in [1.29, 1.82) is 0 Å². The molecule has 0 fully saturated rings. The van der Waals surface area contributed by atoms with Crippen molar-refractivity contribution >= 4 is 38.4 Å². The lowest BCUT2D eigenvalue weighted by molar-refractivity contribution is -0.120. The van der Waals surface area contributed by atoms with Crippen LogP contribution < -0.4 is 4.74 Å². The molecule has 0 unspecified atom stereocenters. The second kappa shape index (κ2) is 6.79. The zero-order valence-corrected chi connectivity index (χ0v) is 13.7. The number of aromatic nitrogens is 1. The van der Waals surface area contributed by atoms with E-state index in [9.17, 15) is 14.3 Å². The lowest BCUT2D eigenvalue weighted by Gasteiger charge is -2.02. The number of benzene rings is 2. The maximum Gasteiger partial charge on any atom is 0.302 e. The topological polar surface area (TPSA) is 87.0 Å². The number of azo groups is 1. The molecule has 2 aromatic carbocycles. The highest BCUT2D eigenvalue weighted by atomic mass is 79.9. The second-order valence-corrected chi connectivity index (χ2v) is 5.77. The summed E-state index contributed by atoms with van der Waals surface area (Å²) in [6.07, 6.45) is 0. The average molecular weight is 392 g/mol. The number of H-pyrrole nitrogens is 1. The number of hydrogen-bond acceptors (Lipinski definition) is 4. The quantitative estimate of drug-likeness (QED) is 0.643. The number of aromatic amines is 1. The standard InChI is InChI=1S/C16H11BrFN3O3/c17-9-2-1-3-11(6-9)24-8-14(22)20-21-15-12-5-4-10(18)7-13(12)19-16(15)23/h1-7,19,23H,8H2. The second-order valence-electron chi connectivity index (χ2n) is 4.85. The Morgan fingerprint density at radius 1 is 1.29 bits per heavy atom. The number of nitrogens with one attached hydrogen (secondary N) is 1. The van der Waals surface area contributed by atoms with Crippen LogP contribution in [0, 0.1) is 5.82 Å². The molecule has 1 heterocycles. The highest BCUT2D eigenvalue weighted by Crippen LogP contribution is 2.35. The summed E-state index contributed by atoms with van der Waals surface area (Å²) < 4.78 is 19.3. The predicted octanol–water partition coefficient (Wildman–Crippen LogP) is 4.46. The van der Waals surface area contributed by atoms with Gasteiger partial charge in [0.05, 0.1) is 5.52 Å². The minimum absolute atomic E-state index is 0.0702. The Kier molecular flexibility index (Phi) is 4.57. The number of aromatic hydroxyl groups is 1. The molecule has 0 radical (unpaired) electrons. The van der Waals surface area contributed by atoms with Gasteiger partial charge in [0.2, 0.25) is 5.88 Å². The maximum absolute atomic E-state index is 13.2. The smallest absolute Gasteiger partial charge is 0.302 e. The summed E-state index contributed by atoms with van der Waals surface area (Å²) in [5.41, 5.74) is 0.431. The van der Waals surface area contributed by atoms with Crippen LogP contribution >= 0.6 is 15.9 Å². The molecule has 0 aliphatic heterocycles. The van der Waals surface area contributed by atoms with Crippen molar-refractivity contribution < 1.29 is 19.0 Å². The van der Waals surface area contributed by atoms with Crippen LogP contribution in [0.4, 0.5) is 10.1 Å². The Bertz CT molecular complexity index is 939. The number of nitrogens with zero attached hydrogens (tertiary/aromatic N) is 2. The van der Waals surface area contributed by atoms with E-state index in [4.69, 9.17) is 4.74 Å². The largest absolute Gasteiger partial charge is 0.493 e. The van der Waals surface area contributed by atoms with Crippen LogP contribution in [0.25, 0.3) is 10.9 Å². The molecule has 0 spiro atoms. The fraction of sp³-hybridized carbons (Fsp3) is 0.0625. The summed E-state index contributed by atoms with van der Waals surface area (Å²) in [4.78, 5) is 14.3. The fourth-order valence-electron chi connectivity index (χ4n) is 2.08. The third-order valence-corrected chi connectivity index (χ3v) is 3.63. The number of carbonyl (C=O) groups excluding carboxylic acids is 1. The molecule has 0 atom stereocenters. The minimum Gasteiger partial charge on any atom is -0.493 e. The first-order valence-electron chi connectivity index (χ1n) is 6.86. The molecule has 0 aliphatic carbocycles. The minimum atomic E-state index is -0.620. The lowest BCUT2D eigenvalue weighted by atomic mass is 10.2. The zero-order valence-electron chi connectivity index (χ0n) is 12.2. The van der Waals surface area contributed by atoms with Gasteiger partial charge < -0.3 is 14.8 Å². The average Bonchev–Trinajstić information content (AvgIpc) is 2.85. The fourth-order valence-corrected chi connectivity index (χ4v) is 2.46. The van der Waals surface area contributed by atoms with E-state index < -0.39 is 11.7 Å². The third-order valence-electron chi connectivity index (χ3n) is 3.13. The number of hydrogen-bond donors (Lipinski definition) is 2. The number of fused-ring (bicyclic) bond motifs is 1. The first-order chi connectivity index (χ1) is 11.5. The molecular formula is C16H11BrFN3O3. The van der Waals surface area contributed by atoms with Crippen molar-refractivity contribution in [3.8, 4) is 11.6 Å². The van der Waals surface area contributed by atoms with Gasteiger partial charge in [-0.1, -0.05) is 22.0 Å². The summed E-state index contributed by atoms with van der Waals surface area (Å²) in [7, 11) is 0. The molecule has 0 bridgehead atoms. The normalized spacial score (nSPS) is 11.2. The summed E-state index contributed by atoms with van der Waals surface area (Å²) in [5.74, 6) is -0.852. The van der Waals surface area contributed by atoms with Gasteiger partial charge in [-0.25, -0.2) is 4.39 Å². The Labute approximate surface area is 144 Å². The van der Waals surface area contributed by atoms with Gasteiger partial charge >= 0.3 is 5.91 Å². The maximum atomic E-state index is 13.2. The van der Waals surface area contributed by atoms with Crippen LogP contribution in [-0.4, -0.2) is 22.6 Å². The van der Waals surface area contributed by atoms with Crippen LogP contribution in [0.5, 0.6) is 11.6 Å². The van der Waals surface area contributed by atoms with E-state index in [0.29, 0.717) is 16.7 Å². The monoisotopic (exact) mass is 391 g/mol. The van der Waals surface area contributed by atoms with E-state index in [-0.39, 0.29) is 18.2 Å². The molecule has 122 valence electrons. The Morgan fingerprint density at radius 2 is 2.12 bits per heavy atom. The van der Waals surface area contributed by atoms with E-state index in [2.05, 4.69) is 31.1 Å². The summed E-state index contributed by atoms with van der Waals surface area (Å²) in [6, 6.07) is 10.9. The molecule has 24 heavy (non-hydrogen) atoms. The third kappa shape index (κ3) is 3.60. The summed E-state index contributed by atoms with van der Waals surface area (Å²) in [6.45, 7) is -0.294. The zero-order chi connectivity index (χ0) is 17.1. The van der Waals surface area contributed by atoms with Gasteiger partial charge in [-0.05, 0) is 36.4 Å². The highest BCUT2D eigenvalue weighted by molar-refractivity contribution is 9.10. The number of carbonyl (C=O) groups is 1. The highest BCUT2D eigenvalue weighted by Gasteiger charge is 2.11. The van der Waals surface area contributed by atoms with E-state index in [0.717, 1.165) is 4.47 Å². The van der Waals surface area contributed by atoms with Crippen molar-refractivity contribution in [2.24, 2.45) is 10.2 Å². The molecule has 2 N–H and O–H groups in total. The van der Waals surface area contributed by atoms with Crippen molar-refractivity contribution in [3.05, 3.63) is 52.8 Å². The Balaban J connectivity index is 1.71. The summed E-state index contributed by atoms with van der Waals surface area (Å²) in [5, 5.41) is 17.5. The lowest BCUT2D eigenvalue weighted by Crippen LogP contribution is -2.07. The first-order valence-corrected chi connectivity index (χ1v) is 7.65. The SMILES string of the molecule is O=C(COc1cccc(Br)c1)N=Nc1c(O)[nH]c2cc(F)ccc12. The van der Waals surface area contributed by atoms with Crippen LogP contribution in [0.2, 0.25) is 0 Å². The molecule has 8 heteroatoms. The van der Waals surface area contributed by atoms with Crippen LogP contribution in [0.1, 0.15) is 0 Å². The van der Waals surface area contributed by atoms with Crippen molar-refractivity contribution in [1.82, 2.24) is 4.98 Å². The number of rotatable bonds is 4. The predicted molar refractivity (Wildman–Crippen MR) is 89.1 cm³/mol. The molecule has 3 rings (SSSR count). The van der Waals surface area contributed by atoms with Crippen LogP contribution in [0.15, 0.2) is 57.2 Å². The van der Waals surface area contributed by atoms with Gasteiger partial charge in [0.25, 0.3) is 0 Å². The van der Waals surface area contributed by atoms with Crippen molar-refractivity contribution in [3.63, 3.8) is 0 Å². The van der Waals surface area contributed by atoms with Crippen LogP contribution in [0.3, 0.4) is 0 Å². The van der Waals surface area contributed by atoms with Gasteiger partial charge in [-0.2, -0.15) is 0 Å². The van der Waals surface area contributed by atoms with Crippen LogP contribution in [-0.2, 0) is 4.79 Å². The van der Waals surface area contributed by atoms with Gasteiger partial charge in [0, 0.05) is 9.86 Å². The molecule has 6 nitrogen and oxygen atoms in total. The molecular weight excluding hydrogens is 381 g/mol. The molecule has 1 amide bonds. The van der Waals surface area contributed by atoms with E-state index in [1.807, 2.05) is 6.07 Å². The summed E-state index contributed by atoms with van der Waals surface area (Å²) >= 11 is 3.30. The molecule has 0 saturated heterocycles. The van der Waals surface area contributed by atoms with E-state index in [1.165, 1.54) is 18.2 Å².